The van der Waals surface area contributed by atoms with Gasteiger partial charge in [0, 0.05) is 45.4 Å². The first-order chi connectivity index (χ1) is 13.2. The third-order valence-electron chi connectivity index (χ3n) is 4.94. The number of carbonyl (C=O) groups is 1. The molecule has 28 heavy (non-hydrogen) atoms. The smallest absolute Gasteiger partial charge is 0.273 e. The summed E-state index contributed by atoms with van der Waals surface area (Å²) in [5.41, 5.74) is -0.685. The van der Waals surface area contributed by atoms with Crippen LogP contribution in [0.5, 0.6) is 0 Å². The van der Waals surface area contributed by atoms with Crippen molar-refractivity contribution in [1.29, 1.82) is 0 Å². The van der Waals surface area contributed by atoms with Crippen LogP contribution in [0, 0.1) is 0 Å². The van der Waals surface area contributed by atoms with Gasteiger partial charge in [-0.2, -0.15) is 0 Å². The van der Waals surface area contributed by atoms with Crippen molar-refractivity contribution in [3.63, 3.8) is 0 Å². The number of aryl methyl sites for hydroxylation is 1. The molecule has 10 heteroatoms. The lowest BCUT2D eigenvalue weighted by Gasteiger charge is -2.34. The molecule has 9 nitrogen and oxygen atoms in total. The SMILES string of the molecule is CS(=O)(=O)CCN1CCN(C(=O)CCn2[nH]c(=O)c3ccccc3c2=O)CC1. The van der Waals surface area contributed by atoms with Crippen LogP contribution in [0.3, 0.4) is 0 Å². The Morgan fingerprint density at radius 2 is 1.68 bits per heavy atom. The van der Waals surface area contributed by atoms with Gasteiger partial charge in [0.1, 0.15) is 9.84 Å². The van der Waals surface area contributed by atoms with Gasteiger partial charge in [-0.25, -0.2) is 13.1 Å². The summed E-state index contributed by atoms with van der Waals surface area (Å²) >= 11 is 0. The van der Waals surface area contributed by atoms with Crippen LogP contribution in [0.25, 0.3) is 10.8 Å². The molecule has 152 valence electrons. The van der Waals surface area contributed by atoms with Crippen molar-refractivity contribution in [3.8, 4) is 0 Å². The van der Waals surface area contributed by atoms with E-state index in [0.29, 0.717) is 43.5 Å². The van der Waals surface area contributed by atoms with E-state index in [2.05, 4.69) is 5.10 Å². The normalized spacial score (nSPS) is 15.8. The van der Waals surface area contributed by atoms with Crippen molar-refractivity contribution in [1.82, 2.24) is 19.6 Å². The van der Waals surface area contributed by atoms with Crippen molar-refractivity contribution in [2.24, 2.45) is 0 Å². The minimum Gasteiger partial charge on any atom is -0.340 e. The van der Waals surface area contributed by atoms with Gasteiger partial charge in [-0.3, -0.25) is 24.4 Å². The van der Waals surface area contributed by atoms with E-state index in [0.717, 1.165) is 0 Å². The summed E-state index contributed by atoms with van der Waals surface area (Å²) in [6.07, 6.45) is 1.32. The van der Waals surface area contributed by atoms with Crippen molar-refractivity contribution >= 4 is 26.5 Å². The lowest BCUT2D eigenvalue weighted by molar-refractivity contribution is -0.133. The van der Waals surface area contributed by atoms with E-state index in [-0.39, 0.29) is 35.7 Å². The number of rotatable bonds is 6. The summed E-state index contributed by atoms with van der Waals surface area (Å²) in [7, 11) is -3.00. The average molecular weight is 408 g/mol. The summed E-state index contributed by atoms with van der Waals surface area (Å²) in [5, 5.41) is 3.19. The second-order valence-corrected chi connectivity index (χ2v) is 9.31. The van der Waals surface area contributed by atoms with E-state index in [4.69, 9.17) is 0 Å². The Hall–Kier alpha value is -2.46. The molecule has 1 N–H and O–H groups in total. The minimum atomic E-state index is -3.00. The molecular weight excluding hydrogens is 384 g/mol. The summed E-state index contributed by atoms with van der Waals surface area (Å²) in [6.45, 7) is 2.85. The molecule has 1 amide bonds. The van der Waals surface area contributed by atoms with Gasteiger partial charge in [0.25, 0.3) is 11.1 Å². The topological polar surface area (TPSA) is 113 Å². The number of H-pyrrole nitrogens is 1. The van der Waals surface area contributed by atoms with Crippen molar-refractivity contribution in [3.05, 3.63) is 45.0 Å². The Bertz CT molecular complexity index is 1080. The summed E-state index contributed by atoms with van der Waals surface area (Å²) < 4.78 is 23.7. The monoisotopic (exact) mass is 408 g/mol. The highest BCUT2D eigenvalue weighted by atomic mass is 32.2. The highest BCUT2D eigenvalue weighted by Gasteiger charge is 2.21. The number of piperazine rings is 1. The molecule has 0 radical (unpaired) electrons. The standard InChI is InChI=1S/C18H24N4O5S/c1-28(26,27)13-12-20-8-10-21(11-9-20)16(23)6-7-22-18(25)15-5-3-2-4-14(15)17(24)19-22/h2-5H,6-13H2,1H3,(H,19,24). The molecule has 1 aromatic carbocycles. The number of nitrogens with zero attached hydrogens (tertiary/aromatic N) is 3. The molecule has 0 spiro atoms. The molecule has 1 aliphatic rings. The van der Waals surface area contributed by atoms with Crippen LogP contribution >= 0.6 is 0 Å². The zero-order valence-electron chi connectivity index (χ0n) is 15.8. The summed E-state index contributed by atoms with van der Waals surface area (Å²) in [5.74, 6) is 0.0165. The van der Waals surface area contributed by atoms with Crippen LogP contribution < -0.4 is 11.1 Å². The predicted octanol–water partition coefficient (Wildman–Crippen LogP) is -0.731. The van der Waals surface area contributed by atoms with E-state index in [1.807, 2.05) is 4.90 Å². The Morgan fingerprint density at radius 1 is 1.04 bits per heavy atom. The van der Waals surface area contributed by atoms with Crippen molar-refractivity contribution < 1.29 is 13.2 Å². The second-order valence-electron chi connectivity index (χ2n) is 7.05. The highest BCUT2D eigenvalue weighted by molar-refractivity contribution is 7.90. The van der Waals surface area contributed by atoms with Gasteiger partial charge >= 0.3 is 0 Å². The number of fused-ring (bicyclic) bond motifs is 1. The second kappa shape index (κ2) is 8.27. The summed E-state index contributed by atoms with van der Waals surface area (Å²) in [6, 6.07) is 6.58. The maximum Gasteiger partial charge on any atom is 0.273 e. The maximum atomic E-state index is 12.5. The molecule has 2 aromatic rings. The number of hydrogen-bond donors (Lipinski definition) is 1. The van der Waals surface area contributed by atoms with Gasteiger partial charge in [-0.15, -0.1) is 0 Å². The molecule has 0 unspecified atom stereocenters. The van der Waals surface area contributed by atoms with Crippen LogP contribution in [-0.4, -0.2) is 78.6 Å². The zero-order valence-corrected chi connectivity index (χ0v) is 16.6. The number of carbonyl (C=O) groups excluding carboxylic acids is 1. The van der Waals surface area contributed by atoms with Crippen LogP contribution in [0.15, 0.2) is 33.9 Å². The number of aromatic nitrogens is 2. The highest BCUT2D eigenvalue weighted by Crippen LogP contribution is 2.06. The van der Waals surface area contributed by atoms with Gasteiger partial charge in [-0.05, 0) is 12.1 Å². The van der Waals surface area contributed by atoms with Crippen molar-refractivity contribution in [2.45, 2.75) is 13.0 Å². The first-order valence-electron chi connectivity index (χ1n) is 9.14. The van der Waals surface area contributed by atoms with Crippen LogP contribution in [0.2, 0.25) is 0 Å². The lowest BCUT2D eigenvalue weighted by Crippen LogP contribution is -2.49. The largest absolute Gasteiger partial charge is 0.340 e. The van der Waals surface area contributed by atoms with Crippen LogP contribution in [0.1, 0.15) is 6.42 Å². The van der Waals surface area contributed by atoms with Gasteiger partial charge in [-0.1, -0.05) is 12.1 Å². The fraction of sp³-hybridized carbons (Fsp3) is 0.500. The number of hydrogen-bond acceptors (Lipinski definition) is 6. The molecule has 3 rings (SSSR count). The van der Waals surface area contributed by atoms with E-state index in [9.17, 15) is 22.8 Å². The molecule has 1 fully saturated rings. The van der Waals surface area contributed by atoms with Crippen LogP contribution in [0.4, 0.5) is 0 Å². The number of benzene rings is 1. The van der Waals surface area contributed by atoms with Crippen LogP contribution in [-0.2, 0) is 21.2 Å². The first-order valence-corrected chi connectivity index (χ1v) is 11.2. The fourth-order valence-corrected chi connectivity index (χ4v) is 3.88. The molecule has 0 atom stereocenters. The summed E-state index contributed by atoms with van der Waals surface area (Å²) in [4.78, 5) is 40.8. The molecule has 0 aliphatic carbocycles. The third kappa shape index (κ3) is 4.87. The number of nitrogens with one attached hydrogen (secondary N) is 1. The molecule has 2 heterocycles. The Morgan fingerprint density at radius 3 is 2.32 bits per heavy atom. The predicted molar refractivity (Wildman–Crippen MR) is 106 cm³/mol. The molecule has 0 saturated carbocycles. The molecule has 1 saturated heterocycles. The Labute approximate surface area is 162 Å². The molecule has 1 aromatic heterocycles. The number of aromatic amines is 1. The lowest BCUT2D eigenvalue weighted by atomic mass is 10.2. The van der Waals surface area contributed by atoms with Gasteiger partial charge in [0.2, 0.25) is 5.91 Å². The average Bonchev–Trinajstić information content (AvgIpc) is 2.67. The van der Waals surface area contributed by atoms with Gasteiger partial charge in [0.15, 0.2) is 0 Å². The van der Waals surface area contributed by atoms with Gasteiger partial charge < -0.3 is 4.90 Å². The first kappa shape index (κ1) is 20.3. The quantitative estimate of drug-likeness (QED) is 0.674. The number of amides is 1. The Kier molecular flexibility index (Phi) is 5.99. The van der Waals surface area contributed by atoms with E-state index < -0.39 is 9.84 Å². The fourth-order valence-electron chi connectivity index (χ4n) is 3.29. The number of sulfone groups is 1. The minimum absolute atomic E-state index is 0.0938. The van der Waals surface area contributed by atoms with E-state index in [1.54, 1.807) is 29.2 Å². The van der Waals surface area contributed by atoms with E-state index in [1.165, 1.54) is 10.9 Å². The maximum absolute atomic E-state index is 12.5. The Balaban J connectivity index is 1.57. The molecular formula is C18H24N4O5S. The van der Waals surface area contributed by atoms with E-state index >= 15 is 0 Å². The molecule has 1 aliphatic heterocycles. The molecule has 0 bridgehead atoms. The third-order valence-corrected chi connectivity index (χ3v) is 5.86. The zero-order chi connectivity index (χ0) is 20.3. The van der Waals surface area contributed by atoms with Crippen molar-refractivity contribution in [2.75, 3.05) is 44.7 Å². The van der Waals surface area contributed by atoms with Gasteiger partial charge in [0.05, 0.1) is 23.1 Å².